The third kappa shape index (κ3) is 2.70. The zero-order valence-corrected chi connectivity index (χ0v) is 15.5. The number of benzene rings is 2. The van der Waals surface area contributed by atoms with E-state index >= 15 is 0 Å². The van der Waals surface area contributed by atoms with Crippen LogP contribution in [-0.4, -0.2) is 41.2 Å². The maximum atomic E-state index is 13.0. The highest BCUT2D eigenvalue weighted by Gasteiger charge is 2.44. The van der Waals surface area contributed by atoms with Gasteiger partial charge in [-0.15, -0.1) is 0 Å². The van der Waals surface area contributed by atoms with E-state index in [0.717, 1.165) is 5.56 Å². The van der Waals surface area contributed by atoms with Crippen LogP contribution in [0.4, 0.5) is 0 Å². The minimum atomic E-state index is -0.0779. The van der Waals surface area contributed by atoms with Crippen LogP contribution >= 0.6 is 0 Å². The van der Waals surface area contributed by atoms with E-state index in [2.05, 4.69) is 32.0 Å². The number of nitrogens with zero attached hydrogens (tertiary/aromatic N) is 2. The van der Waals surface area contributed by atoms with Gasteiger partial charge in [-0.1, -0.05) is 55.8 Å². The average molecular weight is 348 g/mol. The van der Waals surface area contributed by atoms with Crippen LogP contribution in [0.1, 0.15) is 46.9 Å². The molecule has 2 aromatic carbocycles. The first-order valence-corrected chi connectivity index (χ1v) is 9.12. The zero-order chi connectivity index (χ0) is 18.5. The summed E-state index contributed by atoms with van der Waals surface area (Å²) >= 11 is 0. The molecular formula is C22H24N2O2. The Morgan fingerprint density at radius 3 is 2.65 bits per heavy atom. The van der Waals surface area contributed by atoms with E-state index in [-0.39, 0.29) is 29.8 Å². The van der Waals surface area contributed by atoms with Gasteiger partial charge in [0, 0.05) is 24.1 Å². The van der Waals surface area contributed by atoms with Gasteiger partial charge in [0.15, 0.2) is 0 Å². The molecule has 4 heteroatoms. The van der Waals surface area contributed by atoms with Crippen molar-refractivity contribution >= 4 is 11.8 Å². The lowest BCUT2D eigenvalue weighted by atomic mass is 9.75. The Labute approximate surface area is 154 Å². The van der Waals surface area contributed by atoms with Gasteiger partial charge in [0.25, 0.3) is 5.91 Å². The van der Waals surface area contributed by atoms with Crippen LogP contribution in [0.5, 0.6) is 0 Å². The molecule has 4 nitrogen and oxygen atoms in total. The minimum Gasteiger partial charge on any atom is -0.331 e. The van der Waals surface area contributed by atoms with E-state index in [1.165, 1.54) is 11.1 Å². The fraction of sp³-hybridized carbons (Fsp3) is 0.364. The van der Waals surface area contributed by atoms with Crippen molar-refractivity contribution in [3.05, 3.63) is 70.8 Å². The molecule has 0 bridgehead atoms. The first-order valence-electron chi connectivity index (χ1n) is 9.12. The van der Waals surface area contributed by atoms with Crippen molar-refractivity contribution in [1.29, 1.82) is 0 Å². The molecule has 1 saturated heterocycles. The summed E-state index contributed by atoms with van der Waals surface area (Å²) in [5.74, 6) is -0.0335. The molecule has 26 heavy (non-hydrogen) atoms. The van der Waals surface area contributed by atoms with E-state index in [9.17, 15) is 9.59 Å². The summed E-state index contributed by atoms with van der Waals surface area (Å²) < 4.78 is 0. The van der Waals surface area contributed by atoms with E-state index in [4.69, 9.17) is 0 Å². The van der Waals surface area contributed by atoms with Crippen molar-refractivity contribution in [1.82, 2.24) is 9.80 Å². The standard InChI is InChI=1S/C22H24N2O2/c1-15-7-6-8-16(11-15)21(26)23-12-19-17-9-4-5-10-18(17)22(2,3)14-24(19)20(25)13-23/h4-11,19H,12-14H2,1-3H3. The van der Waals surface area contributed by atoms with Crippen molar-refractivity contribution in [2.24, 2.45) is 0 Å². The summed E-state index contributed by atoms with van der Waals surface area (Å²) in [7, 11) is 0. The lowest BCUT2D eigenvalue weighted by Gasteiger charge is -2.49. The van der Waals surface area contributed by atoms with Crippen LogP contribution in [0, 0.1) is 6.92 Å². The van der Waals surface area contributed by atoms with Crippen molar-refractivity contribution < 1.29 is 9.59 Å². The molecule has 2 aromatic rings. The molecule has 0 aromatic heterocycles. The Bertz CT molecular complexity index is 887. The lowest BCUT2D eigenvalue weighted by molar-refractivity contribution is -0.140. The molecule has 0 N–H and O–H groups in total. The molecule has 2 amide bonds. The zero-order valence-electron chi connectivity index (χ0n) is 15.5. The predicted octanol–water partition coefficient (Wildman–Crippen LogP) is 3.31. The van der Waals surface area contributed by atoms with E-state index < -0.39 is 0 Å². The molecule has 0 spiro atoms. The van der Waals surface area contributed by atoms with Gasteiger partial charge in [0.1, 0.15) is 6.54 Å². The SMILES string of the molecule is Cc1cccc(C(=O)N2CC(=O)N3CC(C)(C)c4ccccc4C3C2)c1. The normalized spacial score (nSPS) is 21.2. The Morgan fingerprint density at radius 2 is 1.88 bits per heavy atom. The molecule has 1 fully saturated rings. The van der Waals surface area contributed by atoms with Crippen LogP contribution < -0.4 is 0 Å². The number of piperazine rings is 1. The number of rotatable bonds is 1. The Morgan fingerprint density at radius 1 is 1.12 bits per heavy atom. The van der Waals surface area contributed by atoms with Gasteiger partial charge in [-0.3, -0.25) is 9.59 Å². The highest BCUT2D eigenvalue weighted by atomic mass is 16.2. The Hall–Kier alpha value is -2.62. The van der Waals surface area contributed by atoms with Crippen LogP contribution in [0.3, 0.4) is 0 Å². The monoisotopic (exact) mass is 348 g/mol. The molecule has 2 aliphatic rings. The van der Waals surface area contributed by atoms with Crippen molar-refractivity contribution in [3.8, 4) is 0 Å². The molecule has 1 unspecified atom stereocenters. The summed E-state index contributed by atoms with van der Waals surface area (Å²) in [5.41, 5.74) is 4.06. The average Bonchev–Trinajstić information content (AvgIpc) is 2.62. The van der Waals surface area contributed by atoms with E-state index in [1.54, 1.807) is 4.90 Å². The summed E-state index contributed by atoms with van der Waals surface area (Å²) in [5, 5.41) is 0. The van der Waals surface area contributed by atoms with Gasteiger partial charge in [0.05, 0.1) is 6.04 Å². The quantitative estimate of drug-likeness (QED) is 0.793. The number of amides is 2. The maximum absolute atomic E-state index is 13.0. The molecule has 1 atom stereocenters. The van der Waals surface area contributed by atoms with E-state index in [1.807, 2.05) is 42.2 Å². The first-order chi connectivity index (χ1) is 12.4. The highest BCUT2D eigenvalue weighted by molar-refractivity contribution is 5.97. The van der Waals surface area contributed by atoms with Gasteiger partial charge in [-0.05, 0) is 30.2 Å². The number of hydrogen-bond donors (Lipinski definition) is 0. The summed E-state index contributed by atoms with van der Waals surface area (Å²) in [4.78, 5) is 29.5. The van der Waals surface area contributed by atoms with Crippen molar-refractivity contribution in [2.75, 3.05) is 19.6 Å². The van der Waals surface area contributed by atoms with E-state index in [0.29, 0.717) is 18.7 Å². The second-order valence-electron chi connectivity index (χ2n) is 8.06. The van der Waals surface area contributed by atoms with Gasteiger partial charge in [0.2, 0.25) is 5.91 Å². The van der Waals surface area contributed by atoms with Crippen LogP contribution in [0.15, 0.2) is 48.5 Å². The number of aryl methyl sites for hydroxylation is 1. The fourth-order valence-electron chi connectivity index (χ4n) is 4.29. The largest absolute Gasteiger partial charge is 0.331 e. The Balaban J connectivity index is 1.69. The second kappa shape index (κ2) is 5.97. The predicted molar refractivity (Wildman–Crippen MR) is 101 cm³/mol. The number of fused-ring (bicyclic) bond motifs is 3. The highest BCUT2D eigenvalue weighted by Crippen LogP contribution is 2.41. The molecule has 0 radical (unpaired) electrons. The smallest absolute Gasteiger partial charge is 0.254 e. The molecule has 2 heterocycles. The van der Waals surface area contributed by atoms with Crippen LogP contribution in [-0.2, 0) is 10.2 Å². The number of carbonyl (C=O) groups is 2. The van der Waals surface area contributed by atoms with Crippen molar-refractivity contribution in [2.45, 2.75) is 32.2 Å². The topological polar surface area (TPSA) is 40.6 Å². The lowest BCUT2D eigenvalue weighted by Crippen LogP contribution is -2.58. The maximum Gasteiger partial charge on any atom is 0.254 e. The first kappa shape index (κ1) is 16.8. The fourth-order valence-corrected chi connectivity index (χ4v) is 4.29. The number of hydrogen-bond acceptors (Lipinski definition) is 2. The van der Waals surface area contributed by atoms with Crippen LogP contribution in [0.25, 0.3) is 0 Å². The summed E-state index contributed by atoms with van der Waals surface area (Å²) in [6, 6.07) is 15.8. The third-order valence-electron chi connectivity index (χ3n) is 5.58. The number of carbonyl (C=O) groups excluding carboxylic acids is 2. The van der Waals surface area contributed by atoms with Gasteiger partial charge in [-0.2, -0.15) is 0 Å². The van der Waals surface area contributed by atoms with Gasteiger partial charge in [-0.25, -0.2) is 0 Å². The molecule has 4 rings (SSSR count). The molecular weight excluding hydrogens is 324 g/mol. The van der Waals surface area contributed by atoms with Gasteiger partial charge < -0.3 is 9.80 Å². The van der Waals surface area contributed by atoms with Gasteiger partial charge >= 0.3 is 0 Å². The summed E-state index contributed by atoms with van der Waals surface area (Å²) in [6.07, 6.45) is 0. The minimum absolute atomic E-state index is 0.0323. The molecule has 0 aliphatic carbocycles. The molecule has 2 aliphatic heterocycles. The second-order valence-corrected chi connectivity index (χ2v) is 8.06. The molecule has 134 valence electrons. The summed E-state index contributed by atoms with van der Waals surface area (Å²) in [6.45, 7) is 7.73. The third-order valence-corrected chi connectivity index (χ3v) is 5.58. The van der Waals surface area contributed by atoms with Crippen molar-refractivity contribution in [3.63, 3.8) is 0 Å². The van der Waals surface area contributed by atoms with Crippen LogP contribution in [0.2, 0.25) is 0 Å². The molecule has 0 saturated carbocycles. The Kier molecular flexibility index (Phi) is 3.87.